The van der Waals surface area contributed by atoms with Crippen LogP contribution in [-0.4, -0.2) is 29.6 Å². The fourth-order valence-corrected chi connectivity index (χ4v) is 2.02. The number of hydrogen-bond donors (Lipinski definition) is 1. The Balaban J connectivity index is 2.78. The molecule has 94 valence electrons. The van der Waals surface area contributed by atoms with Gasteiger partial charge >= 0.3 is 5.97 Å². The Morgan fingerprint density at radius 2 is 1.88 bits per heavy atom. The molecule has 1 N–H and O–H groups in total. The Morgan fingerprint density at radius 1 is 1.29 bits per heavy atom. The van der Waals surface area contributed by atoms with Crippen LogP contribution in [0.3, 0.4) is 0 Å². The molecule has 1 aromatic rings. The first-order valence-electron chi connectivity index (χ1n) is 5.79. The molecule has 0 saturated carbocycles. The highest BCUT2D eigenvalue weighted by molar-refractivity contribution is 5.89. The first kappa shape index (κ1) is 13.7. The van der Waals surface area contributed by atoms with Crippen LogP contribution in [0, 0.1) is 5.41 Å². The average Bonchev–Trinajstić information content (AvgIpc) is 2.14. The predicted octanol–water partition coefficient (Wildman–Crippen LogP) is 2.86. The molecule has 0 fully saturated rings. The molecular formula is C14H21NO2. The van der Waals surface area contributed by atoms with Crippen LogP contribution < -0.4 is 0 Å². The van der Waals surface area contributed by atoms with Crippen LogP contribution in [0.2, 0.25) is 0 Å². The molecule has 3 heteroatoms. The zero-order valence-electron chi connectivity index (χ0n) is 11.0. The van der Waals surface area contributed by atoms with Crippen LogP contribution in [0.5, 0.6) is 0 Å². The molecule has 3 nitrogen and oxygen atoms in total. The number of nitrogens with zero attached hydrogens (tertiary/aromatic N) is 1. The molecule has 1 aromatic carbocycles. The molecule has 0 saturated heterocycles. The van der Waals surface area contributed by atoms with Gasteiger partial charge < -0.3 is 10.0 Å². The van der Waals surface area contributed by atoms with Crippen LogP contribution in [-0.2, 0) is 6.54 Å². The lowest BCUT2D eigenvalue weighted by molar-refractivity contribution is 0.0694. The highest BCUT2D eigenvalue weighted by Gasteiger charge is 2.16. The molecule has 0 spiro atoms. The zero-order chi connectivity index (χ0) is 13.1. The molecule has 0 heterocycles. The molecule has 0 aliphatic heterocycles. The molecule has 0 bridgehead atoms. The molecule has 0 aromatic heterocycles. The maximum Gasteiger partial charge on any atom is 0.336 e. The number of carbonyl (C=O) groups is 1. The van der Waals surface area contributed by atoms with Gasteiger partial charge in [-0.25, -0.2) is 4.79 Å². The van der Waals surface area contributed by atoms with Crippen LogP contribution >= 0.6 is 0 Å². The highest BCUT2D eigenvalue weighted by Crippen LogP contribution is 2.17. The van der Waals surface area contributed by atoms with E-state index in [2.05, 4.69) is 25.7 Å². The maximum absolute atomic E-state index is 11.1. The third-order valence-electron chi connectivity index (χ3n) is 2.43. The zero-order valence-corrected chi connectivity index (χ0v) is 11.0. The third kappa shape index (κ3) is 4.57. The summed E-state index contributed by atoms with van der Waals surface area (Å²) in [5.74, 6) is -0.857. The SMILES string of the molecule is CN(Cc1ccccc1C(=O)O)CC(C)(C)C. The van der Waals surface area contributed by atoms with Gasteiger partial charge in [0.05, 0.1) is 5.56 Å². The van der Waals surface area contributed by atoms with E-state index in [-0.39, 0.29) is 5.41 Å². The lowest BCUT2D eigenvalue weighted by atomic mass is 9.96. The minimum Gasteiger partial charge on any atom is -0.478 e. The number of carboxylic acid groups (broad SMARTS) is 1. The first-order valence-corrected chi connectivity index (χ1v) is 5.79. The second kappa shape index (κ2) is 5.32. The Hall–Kier alpha value is -1.35. The molecular weight excluding hydrogens is 214 g/mol. The summed E-state index contributed by atoms with van der Waals surface area (Å²) in [5, 5.41) is 9.09. The van der Waals surface area contributed by atoms with Crippen molar-refractivity contribution >= 4 is 5.97 Å². The van der Waals surface area contributed by atoms with E-state index in [1.165, 1.54) is 0 Å². The number of rotatable bonds is 4. The minimum absolute atomic E-state index is 0.215. The molecule has 0 unspecified atom stereocenters. The molecule has 17 heavy (non-hydrogen) atoms. The van der Waals surface area contributed by atoms with Gasteiger partial charge in [-0.2, -0.15) is 0 Å². The number of aromatic carboxylic acids is 1. The van der Waals surface area contributed by atoms with E-state index >= 15 is 0 Å². The smallest absolute Gasteiger partial charge is 0.336 e. The monoisotopic (exact) mass is 235 g/mol. The van der Waals surface area contributed by atoms with E-state index in [0.717, 1.165) is 12.1 Å². The predicted molar refractivity (Wildman–Crippen MR) is 69.2 cm³/mol. The van der Waals surface area contributed by atoms with Crippen molar-refractivity contribution in [2.24, 2.45) is 5.41 Å². The van der Waals surface area contributed by atoms with Gasteiger partial charge in [0.2, 0.25) is 0 Å². The van der Waals surface area contributed by atoms with Gasteiger partial charge in [0, 0.05) is 13.1 Å². The summed E-state index contributed by atoms with van der Waals surface area (Å²) in [6.07, 6.45) is 0. The van der Waals surface area contributed by atoms with Crippen molar-refractivity contribution in [3.63, 3.8) is 0 Å². The normalized spacial score (nSPS) is 11.8. The van der Waals surface area contributed by atoms with Gasteiger partial charge in [-0.15, -0.1) is 0 Å². The van der Waals surface area contributed by atoms with Gasteiger partial charge in [-0.05, 0) is 24.1 Å². The lowest BCUT2D eigenvalue weighted by Gasteiger charge is -2.26. The Kier molecular flexibility index (Phi) is 4.29. The van der Waals surface area contributed by atoms with E-state index in [1.54, 1.807) is 12.1 Å². The van der Waals surface area contributed by atoms with E-state index < -0.39 is 5.97 Å². The van der Waals surface area contributed by atoms with E-state index in [0.29, 0.717) is 12.1 Å². The molecule has 0 radical (unpaired) electrons. The summed E-state index contributed by atoms with van der Waals surface area (Å²) >= 11 is 0. The summed E-state index contributed by atoms with van der Waals surface area (Å²) in [7, 11) is 2.02. The maximum atomic E-state index is 11.1. The third-order valence-corrected chi connectivity index (χ3v) is 2.43. The largest absolute Gasteiger partial charge is 0.478 e. The van der Waals surface area contributed by atoms with Gasteiger partial charge in [0.25, 0.3) is 0 Å². The summed E-state index contributed by atoms with van der Waals surface area (Å²) in [6.45, 7) is 8.12. The Labute approximate surface area is 103 Å². The fraction of sp³-hybridized carbons (Fsp3) is 0.500. The van der Waals surface area contributed by atoms with Gasteiger partial charge in [-0.1, -0.05) is 39.0 Å². The van der Waals surface area contributed by atoms with Crippen molar-refractivity contribution in [1.82, 2.24) is 4.90 Å². The van der Waals surface area contributed by atoms with Crippen molar-refractivity contribution in [2.45, 2.75) is 27.3 Å². The van der Waals surface area contributed by atoms with Crippen LogP contribution in [0.1, 0.15) is 36.7 Å². The second-order valence-electron chi connectivity index (χ2n) is 5.70. The van der Waals surface area contributed by atoms with Crippen molar-refractivity contribution in [3.05, 3.63) is 35.4 Å². The summed E-state index contributed by atoms with van der Waals surface area (Å²) in [4.78, 5) is 13.2. The van der Waals surface area contributed by atoms with E-state index in [1.807, 2.05) is 19.2 Å². The second-order valence-corrected chi connectivity index (χ2v) is 5.70. The van der Waals surface area contributed by atoms with Crippen molar-refractivity contribution in [2.75, 3.05) is 13.6 Å². The molecule has 0 aliphatic rings. The summed E-state index contributed by atoms with van der Waals surface area (Å²) in [5.41, 5.74) is 1.48. The van der Waals surface area contributed by atoms with Gasteiger partial charge in [-0.3, -0.25) is 0 Å². The number of hydrogen-bond acceptors (Lipinski definition) is 2. The summed E-state index contributed by atoms with van der Waals surface area (Å²) in [6, 6.07) is 7.18. The molecule has 0 amide bonds. The minimum atomic E-state index is -0.857. The fourth-order valence-electron chi connectivity index (χ4n) is 2.02. The average molecular weight is 235 g/mol. The van der Waals surface area contributed by atoms with Crippen molar-refractivity contribution in [1.29, 1.82) is 0 Å². The number of benzene rings is 1. The van der Waals surface area contributed by atoms with Gasteiger partial charge in [0.15, 0.2) is 0 Å². The quantitative estimate of drug-likeness (QED) is 0.872. The lowest BCUT2D eigenvalue weighted by Crippen LogP contribution is -2.29. The van der Waals surface area contributed by atoms with Gasteiger partial charge in [0.1, 0.15) is 0 Å². The van der Waals surface area contributed by atoms with Crippen LogP contribution in [0.4, 0.5) is 0 Å². The number of carboxylic acids is 1. The molecule has 0 aliphatic carbocycles. The van der Waals surface area contributed by atoms with Crippen LogP contribution in [0.15, 0.2) is 24.3 Å². The first-order chi connectivity index (χ1) is 7.79. The topological polar surface area (TPSA) is 40.5 Å². The van der Waals surface area contributed by atoms with Crippen molar-refractivity contribution < 1.29 is 9.90 Å². The standard InChI is InChI=1S/C14H21NO2/c1-14(2,3)10-15(4)9-11-7-5-6-8-12(11)13(16)17/h5-8H,9-10H2,1-4H3,(H,16,17). The molecule has 0 atom stereocenters. The Morgan fingerprint density at radius 3 is 2.41 bits per heavy atom. The molecule has 1 rings (SSSR count). The van der Waals surface area contributed by atoms with E-state index in [4.69, 9.17) is 5.11 Å². The highest BCUT2D eigenvalue weighted by atomic mass is 16.4. The van der Waals surface area contributed by atoms with Crippen molar-refractivity contribution in [3.8, 4) is 0 Å². The Bertz CT molecular complexity index is 393. The van der Waals surface area contributed by atoms with Crippen LogP contribution in [0.25, 0.3) is 0 Å². The van der Waals surface area contributed by atoms with E-state index in [9.17, 15) is 4.79 Å². The summed E-state index contributed by atoms with van der Waals surface area (Å²) < 4.78 is 0.